The van der Waals surface area contributed by atoms with Gasteiger partial charge in [0.25, 0.3) is 0 Å². The zero-order chi connectivity index (χ0) is 14.5. The Morgan fingerprint density at radius 1 is 1.23 bits per heavy atom. The van der Waals surface area contributed by atoms with Gasteiger partial charge in [0.2, 0.25) is 0 Å². The van der Waals surface area contributed by atoms with Crippen LogP contribution in [0.25, 0.3) is 0 Å². The molecule has 0 spiro atoms. The van der Waals surface area contributed by atoms with Gasteiger partial charge < -0.3 is 15.9 Å². The van der Waals surface area contributed by atoms with Crippen LogP contribution in [0, 0.1) is 12.2 Å². The van der Waals surface area contributed by atoms with Gasteiger partial charge in [-0.05, 0) is 37.3 Å². The molecule has 22 heavy (non-hydrogen) atoms. The smallest absolute Gasteiger partial charge is 0.490 e. The molecule has 1 fully saturated rings. The van der Waals surface area contributed by atoms with Crippen LogP contribution in [-0.4, -0.2) is 18.8 Å². The molecule has 0 amide bonds. The van der Waals surface area contributed by atoms with E-state index in [1.165, 1.54) is 37.8 Å². The summed E-state index contributed by atoms with van der Waals surface area (Å²) in [5, 5.41) is 0. The molecular formula is C18H24FO2Rb. The predicted molar refractivity (Wildman–Crippen MR) is 80.9 cm³/mol. The molecule has 1 aromatic rings. The van der Waals surface area contributed by atoms with E-state index in [1.807, 2.05) is 6.07 Å². The quantitative estimate of drug-likeness (QED) is 0.572. The van der Waals surface area contributed by atoms with E-state index < -0.39 is 0 Å². The van der Waals surface area contributed by atoms with Crippen LogP contribution in [0.5, 0.6) is 5.75 Å². The van der Waals surface area contributed by atoms with Gasteiger partial charge in [-0.15, -0.1) is 0 Å². The second kappa shape index (κ2) is 9.88. The van der Waals surface area contributed by atoms with Gasteiger partial charge in [0.1, 0.15) is 11.6 Å². The molecule has 1 saturated carbocycles. The van der Waals surface area contributed by atoms with Crippen LogP contribution >= 0.6 is 0 Å². The van der Waals surface area contributed by atoms with Gasteiger partial charge in [-0.25, -0.2) is 4.39 Å². The number of fused-ring (bicyclic) bond motifs is 1. The predicted octanol–water partition coefficient (Wildman–Crippen LogP) is 1.47. The molecule has 3 rings (SSSR count). The minimum absolute atomic E-state index is 0. The fourth-order valence-electron chi connectivity index (χ4n) is 3.23. The third-order valence-electron chi connectivity index (χ3n) is 4.47. The van der Waals surface area contributed by atoms with E-state index >= 15 is 0 Å². The summed E-state index contributed by atoms with van der Waals surface area (Å²) in [6, 6.07) is 4.86. The Labute approximate surface area is 181 Å². The molecule has 1 aliphatic heterocycles. The molecule has 0 radical (unpaired) electrons. The maximum atomic E-state index is 13.2. The monoisotopic (exact) mass is 376 g/mol. The second-order valence-corrected chi connectivity index (χ2v) is 6.11. The van der Waals surface area contributed by atoms with Crippen LogP contribution in [0.4, 0.5) is 4.39 Å². The van der Waals surface area contributed by atoms with E-state index in [0.29, 0.717) is 6.10 Å². The van der Waals surface area contributed by atoms with Crippen molar-refractivity contribution in [1.29, 1.82) is 0 Å². The third-order valence-corrected chi connectivity index (χ3v) is 4.47. The van der Waals surface area contributed by atoms with E-state index in [-0.39, 0.29) is 70.1 Å². The summed E-state index contributed by atoms with van der Waals surface area (Å²) < 4.78 is 25.1. The van der Waals surface area contributed by atoms with E-state index in [4.69, 9.17) is 9.47 Å². The average Bonchev–Trinajstić information content (AvgIpc) is 2.52. The molecule has 0 bridgehead atoms. The standard InChI is InChI=1S/C18H24FO2.Rb/c19-15-10-8-14-9-11-17(21-18(14)13-15)7-4-12-20-16-5-2-1-3-6-16;/h1,8,10,13,16-17H,2-7,9,11-12H2;/q-1;+1. The summed E-state index contributed by atoms with van der Waals surface area (Å²) in [6.07, 6.45) is 11.8. The van der Waals surface area contributed by atoms with Crippen molar-refractivity contribution < 1.29 is 72.1 Å². The molecule has 0 aromatic heterocycles. The van der Waals surface area contributed by atoms with Gasteiger partial charge in [0.15, 0.2) is 0 Å². The fourth-order valence-corrected chi connectivity index (χ4v) is 3.23. The van der Waals surface area contributed by atoms with Crippen LogP contribution in [0.15, 0.2) is 18.2 Å². The first-order valence-electron chi connectivity index (χ1n) is 8.19. The Hall–Kier alpha value is 0.715. The number of hydrogen-bond donors (Lipinski definition) is 0. The molecule has 2 nitrogen and oxygen atoms in total. The number of halogens is 1. The average molecular weight is 377 g/mol. The summed E-state index contributed by atoms with van der Waals surface area (Å²) in [4.78, 5) is 0. The molecule has 116 valence electrons. The van der Waals surface area contributed by atoms with Crippen molar-refractivity contribution >= 4 is 0 Å². The van der Waals surface area contributed by atoms with Crippen molar-refractivity contribution in [2.24, 2.45) is 0 Å². The Bertz CT molecular complexity index is 460. The number of hydrogen-bond acceptors (Lipinski definition) is 2. The topological polar surface area (TPSA) is 18.5 Å². The molecule has 1 unspecified atom stereocenters. The van der Waals surface area contributed by atoms with Crippen molar-refractivity contribution in [3.05, 3.63) is 36.0 Å². The van der Waals surface area contributed by atoms with Crippen LogP contribution in [0.2, 0.25) is 0 Å². The van der Waals surface area contributed by atoms with Gasteiger partial charge in [0.05, 0.1) is 12.2 Å². The minimum atomic E-state index is -0.216. The molecule has 2 aliphatic rings. The molecule has 1 aromatic carbocycles. The normalized spacial score (nSPS) is 21.6. The zero-order valence-corrected chi connectivity index (χ0v) is 18.4. The molecule has 1 atom stereocenters. The summed E-state index contributed by atoms with van der Waals surface area (Å²) in [5.41, 5.74) is 1.13. The maximum Gasteiger partial charge on any atom is 1.00 e. The summed E-state index contributed by atoms with van der Waals surface area (Å²) in [5.74, 6) is 0.516. The Balaban J connectivity index is 0.00000176. The Kier molecular flexibility index (Phi) is 8.55. The first-order chi connectivity index (χ1) is 10.3. The van der Waals surface area contributed by atoms with Crippen molar-refractivity contribution in [3.63, 3.8) is 0 Å². The van der Waals surface area contributed by atoms with Crippen molar-refractivity contribution in [3.8, 4) is 5.75 Å². The first-order valence-corrected chi connectivity index (χ1v) is 8.19. The number of ether oxygens (including phenoxy) is 2. The van der Waals surface area contributed by atoms with Gasteiger partial charge in [-0.3, -0.25) is 0 Å². The third kappa shape index (κ3) is 5.66. The van der Waals surface area contributed by atoms with Crippen molar-refractivity contribution in [2.75, 3.05) is 6.61 Å². The van der Waals surface area contributed by atoms with Gasteiger partial charge in [-0.1, -0.05) is 18.9 Å². The Morgan fingerprint density at radius 2 is 2.05 bits per heavy atom. The maximum absolute atomic E-state index is 13.2. The fraction of sp³-hybridized carbons (Fsp3) is 0.611. The molecule has 1 aliphatic carbocycles. The van der Waals surface area contributed by atoms with E-state index in [1.54, 1.807) is 0 Å². The molecule has 4 heteroatoms. The van der Waals surface area contributed by atoms with Gasteiger partial charge in [0, 0.05) is 12.7 Å². The first kappa shape index (κ1) is 19.0. The van der Waals surface area contributed by atoms with Crippen molar-refractivity contribution in [1.82, 2.24) is 0 Å². The second-order valence-electron chi connectivity index (χ2n) is 6.11. The van der Waals surface area contributed by atoms with E-state index in [2.05, 4.69) is 6.42 Å². The Morgan fingerprint density at radius 3 is 2.86 bits per heavy atom. The molecule has 0 saturated heterocycles. The van der Waals surface area contributed by atoms with Crippen LogP contribution < -0.4 is 62.9 Å². The largest absolute Gasteiger partial charge is 1.00 e. The summed E-state index contributed by atoms with van der Waals surface area (Å²) in [6.45, 7) is 0.820. The van der Waals surface area contributed by atoms with E-state index in [9.17, 15) is 4.39 Å². The minimum Gasteiger partial charge on any atom is -0.490 e. The molecular weight excluding hydrogens is 353 g/mol. The summed E-state index contributed by atoms with van der Waals surface area (Å²) >= 11 is 0. The van der Waals surface area contributed by atoms with Crippen LogP contribution in [0.3, 0.4) is 0 Å². The summed E-state index contributed by atoms with van der Waals surface area (Å²) in [7, 11) is 0. The van der Waals surface area contributed by atoms with E-state index in [0.717, 1.165) is 43.6 Å². The van der Waals surface area contributed by atoms with Gasteiger partial charge >= 0.3 is 58.2 Å². The SMILES string of the molecule is Fc1ccc2c(c1)OC(CCCOC1CC[CH-]CC1)CC2.[Rb+]. The molecule has 1 heterocycles. The molecule has 0 N–H and O–H groups in total. The number of aryl methyl sites for hydroxylation is 1. The zero-order valence-electron chi connectivity index (χ0n) is 13.5. The van der Waals surface area contributed by atoms with Crippen LogP contribution in [-0.2, 0) is 11.2 Å². The van der Waals surface area contributed by atoms with Gasteiger partial charge in [-0.2, -0.15) is 12.8 Å². The van der Waals surface area contributed by atoms with Crippen molar-refractivity contribution in [2.45, 2.75) is 63.6 Å². The van der Waals surface area contributed by atoms with Crippen LogP contribution in [0.1, 0.15) is 50.5 Å². The number of rotatable bonds is 5. The number of benzene rings is 1.